The molecule has 0 bridgehead atoms. The van der Waals surface area contributed by atoms with E-state index in [9.17, 15) is 9.18 Å². The molecule has 1 aromatic carbocycles. The van der Waals surface area contributed by atoms with Crippen LogP contribution in [0.15, 0.2) is 30.3 Å². The molecule has 1 rings (SSSR count). The van der Waals surface area contributed by atoms with E-state index < -0.39 is 0 Å². The van der Waals surface area contributed by atoms with Gasteiger partial charge in [-0.25, -0.2) is 4.39 Å². The number of aldehydes is 1. The number of benzene rings is 1. The van der Waals surface area contributed by atoms with Crippen LogP contribution in [0.5, 0.6) is 0 Å². The Morgan fingerprint density at radius 2 is 1.94 bits per heavy atom. The zero-order valence-corrected chi connectivity index (χ0v) is 9.58. The van der Waals surface area contributed by atoms with Gasteiger partial charge in [0, 0.05) is 0 Å². The fraction of sp³-hybridized carbons (Fsp3) is 0.357. The second-order valence-electron chi connectivity index (χ2n) is 3.79. The van der Waals surface area contributed by atoms with Gasteiger partial charge in [0.25, 0.3) is 0 Å². The minimum Gasteiger partial charge on any atom is -0.299 e. The molecule has 0 heterocycles. The Morgan fingerprint density at radius 1 is 1.25 bits per heavy atom. The van der Waals surface area contributed by atoms with Crippen LogP contribution in [0.3, 0.4) is 0 Å². The van der Waals surface area contributed by atoms with Gasteiger partial charge in [0.1, 0.15) is 12.1 Å². The molecule has 0 aromatic heterocycles. The van der Waals surface area contributed by atoms with E-state index >= 15 is 0 Å². The molecule has 0 aliphatic heterocycles. The summed E-state index contributed by atoms with van der Waals surface area (Å²) in [5.74, 6) is -0.247. The van der Waals surface area contributed by atoms with Crippen molar-refractivity contribution in [2.45, 2.75) is 32.6 Å². The first kappa shape index (κ1) is 12.6. The van der Waals surface area contributed by atoms with Crippen molar-refractivity contribution in [2.24, 2.45) is 0 Å². The lowest BCUT2D eigenvalue weighted by Crippen LogP contribution is -1.87. The van der Waals surface area contributed by atoms with Crippen LogP contribution in [-0.2, 0) is 4.79 Å². The average Bonchev–Trinajstić information content (AvgIpc) is 2.29. The first-order valence-corrected chi connectivity index (χ1v) is 5.68. The average molecular weight is 220 g/mol. The highest BCUT2D eigenvalue weighted by Crippen LogP contribution is 2.21. The number of rotatable bonds is 6. The van der Waals surface area contributed by atoms with E-state index in [0.717, 1.165) is 43.1 Å². The van der Waals surface area contributed by atoms with Crippen molar-refractivity contribution in [3.05, 3.63) is 41.7 Å². The zero-order chi connectivity index (χ0) is 11.8. The predicted molar refractivity (Wildman–Crippen MR) is 64.6 cm³/mol. The highest BCUT2D eigenvalue weighted by atomic mass is 19.1. The maximum Gasteiger partial charge on any atom is 0.143 e. The summed E-state index contributed by atoms with van der Waals surface area (Å²) in [6.07, 6.45) is 6.61. The van der Waals surface area contributed by atoms with Gasteiger partial charge in [0.2, 0.25) is 0 Å². The molecule has 0 saturated carbocycles. The molecule has 0 atom stereocenters. The molecule has 1 nitrogen and oxygen atoms in total. The lowest BCUT2D eigenvalue weighted by molar-refractivity contribution is -0.104. The Balaban J connectivity index is 2.73. The topological polar surface area (TPSA) is 17.1 Å². The third-order valence-corrected chi connectivity index (χ3v) is 2.53. The summed E-state index contributed by atoms with van der Waals surface area (Å²) in [6.45, 7) is 2.14. The van der Waals surface area contributed by atoms with Crippen molar-refractivity contribution in [3.8, 4) is 0 Å². The van der Waals surface area contributed by atoms with Crippen LogP contribution in [0.2, 0.25) is 0 Å². The van der Waals surface area contributed by atoms with Gasteiger partial charge in [0.15, 0.2) is 0 Å². The highest BCUT2D eigenvalue weighted by molar-refractivity contribution is 5.81. The van der Waals surface area contributed by atoms with Gasteiger partial charge in [-0.2, -0.15) is 0 Å². The monoisotopic (exact) mass is 220 g/mol. The van der Waals surface area contributed by atoms with Crippen LogP contribution in [0.25, 0.3) is 5.57 Å². The quantitative estimate of drug-likeness (QED) is 0.402. The SMILES string of the molecule is CCCCC/C(=C/C=O)c1ccc(F)cc1. The number of carbonyl (C=O) groups is 1. The minimum atomic E-state index is -0.247. The molecule has 0 fully saturated rings. The molecular weight excluding hydrogens is 203 g/mol. The second kappa shape index (κ2) is 6.94. The molecule has 86 valence electrons. The lowest BCUT2D eigenvalue weighted by Gasteiger charge is -2.06. The molecular formula is C14H17FO. The fourth-order valence-electron chi connectivity index (χ4n) is 1.64. The third-order valence-electron chi connectivity index (χ3n) is 2.53. The summed E-state index contributed by atoms with van der Waals surface area (Å²) < 4.78 is 12.8. The van der Waals surface area contributed by atoms with Crippen LogP contribution < -0.4 is 0 Å². The fourth-order valence-corrected chi connectivity index (χ4v) is 1.64. The molecule has 0 aliphatic rings. The molecule has 0 amide bonds. The lowest BCUT2D eigenvalue weighted by atomic mass is 9.99. The maximum atomic E-state index is 12.8. The van der Waals surface area contributed by atoms with Gasteiger partial charge < -0.3 is 0 Å². The van der Waals surface area contributed by atoms with Crippen molar-refractivity contribution in [1.82, 2.24) is 0 Å². The number of carbonyl (C=O) groups excluding carboxylic acids is 1. The third kappa shape index (κ3) is 3.97. The van der Waals surface area contributed by atoms with Crippen LogP contribution in [-0.4, -0.2) is 6.29 Å². The van der Waals surface area contributed by atoms with Crippen molar-refractivity contribution in [2.75, 3.05) is 0 Å². The van der Waals surface area contributed by atoms with Gasteiger partial charge in [-0.15, -0.1) is 0 Å². The first-order chi connectivity index (χ1) is 7.77. The number of unbranched alkanes of at least 4 members (excludes halogenated alkanes) is 2. The van der Waals surface area contributed by atoms with Gasteiger partial charge in [-0.3, -0.25) is 4.79 Å². The predicted octanol–water partition coefficient (Wildman–Crippen LogP) is 3.99. The Morgan fingerprint density at radius 3 is 2.50 bits per heavy atom. The Labute approximate surface area is 96.0 Å². The van der Waals surface area contributed by atoms with Crippen LogP contribution >= 0.6 is 0 Å². The standard InChI is InChI=1S/C14H17FO/c1-2-3-4-5-12(10-11-16)13-6-8-14(15)9-7-13/h6-11H,2-5H2,1H3/b12-10-. The normalized spacial score (nSPS) is 11.5. The summed E-state index contributed by atoms with van der Waals surface area (Å²) >= 11 is 0. The van der Waals surface area contributed by atoms with E-state index in [1.165, 1.54) is 12.1 Å². The van der Waals surface area contributed by atoms with E-state index in [4.69, 9.17) is 0 Å². The summed E-state index contributed by atoms with van der Waals surface area (Å²) in [4.78, 5) is 10.5. The van der Waals surface area contributed by atoms with Crippen molar-refractivity contribution >= 4 is 11.9 Å². The molecule has 16 heavy (non-hydrogen) atoms. The van der Waals surface area contributed by atoms with E-state index in [1.54, 1.807) is 18.2 Å². The molecule has 1 aromatic rings. The van der Waals surface area contributed by atoms with E-state index in [2.05, 4.69) is 6.92 Å². The molecule has 0 aliphatic carbocycles. The second-order valence-corrected chi connectivity index (χ2v) is 3.79. The van der Waals surface area contributed by atoms with E-state index in [1.807, 2.05) is 0 Å². The number of hydrogen-bond donors (Lipinski definition) is 0. The van der Waals surface area contributed by atoms with Crippen LogP contribution in [0.4, 0.5) is 4.39 Å². The number of halogens is 1. The smallest absolute Gasteiger partial charge is 0.143 e. The first-order valence-electron chi connectivity index (χ1n) is 5.68. The van der Waals surface area contributed by atoms with Crippen LogP contribution in [0.1, 0.15) is 38.2 Å². The van der Waals surface area contributed by atoms with Gasteiger partial charge in [0.05, 0.1) is 0 Å². The Hall–Kier alpha value is -1.44. The largest absolute Gasteiger partial charge is 0.299 e. The van der Waals surface area contributed by atoms with Crippen molar-refractivity contribution in [1.29, 1.82) is 0 Å². The van der Waals surface area contributed by atoms with E-state index in [0.29, 0.717) is 0 Å². The summed E-state index contributed by atoms with van der Waals surface area (Å²) in [5.41, 5.74) is 1.92. The van der Waals surface area contributed by atoms with Gasteiger partial charge in [-0.1, -0.05) is 31.9 Å². The molecule has 0 saturated heterocycles. The van der Waals surface area contributed by atoms with Crippen molar-refractivity contribution < 1.29 is 9.18 Å². The molecule has 0 spiro atoms. The minimum absolute atomic E-state index is 0.247. The number of hydrogen-bond acceptors (Lipinski definition) is 1. The van der Waals surface area contributed by atoms with Crippen LogP contribution in [0, 0.1) is 5.82 Å². The summed E-state index contributed by atoms with van der Waals surface area (Å²) in [6, 6.07) is 6.29. The molecule has 2 heteroatoms. The maximum absolute atomic E-state index is 12.8. The molecule has 0 unspecified atom stereocenters. The summed E-state index contributed by atoms with van der Waals surface area (Å²) in [7, 11) is 0. The Kier molecular flexibility index (Phi) is 5.48. The highest BCUT2D eigenvalue weighted by Gasteiger charge is 2.01. The molecule has 0 N–H and O–H groups in total. The summed E-state index contributed by atoms with van der Waals surface area (Å²) in [5, 5.41) is 0. The van der Waals surface area contributed by atoms with E-state index in [-0.39, 0.29) is 5.82 Å². The number of allylic oxidation sites excluding steroid dienone is 2. The van der Waals surface area contributed by atoms with Gasteiger partial charge >= 0.3 is 0 Å². The zero-order valence-electron chi connectivity index (χ0n) is 9.58. The molecule has 0 radical (unpaired) electrons. The van der Waals surface area contributed by atoms with Gasteiger partial charge in [-0.05, 0) is 42.2 Å². The van der Waals surface area contributed by atoms with Crippen molar-refractivity contribution in [3.63, 3.8) is 0 Å². The Bertz CT molecular complexity index is 352.